The Morgan fingerprint density at radius 1 is 0.906 bits per heavy atom. The van der Waals surface area contributed by atoms with Crippen LogP contribution >= 0.6 is 0 Å². The van der Waals surface area contributed by atoms with E-state index < -0.39 is 40.7 Å². The second-order valence-corrected chi connectivity index (χ2v) is 13.4. The number of fused-ring (bicyclic) bond motifs is 1. The minimum Gasteiger partial charge on any atom is -0.497 e. The van der Waals surface area contributed by atoms with E-state index in [0.717, 1.165) is 21.9 Å². The van der Waals surface area contributed by atoms with Crippen molar-refractivity contribution in [1.82, 2.24) is 9.88 Å². The SMILES string of the molecule is COc1ccc(Cn2cc(/C=C/C(N)=O)c(C)c(NC(=O)C(Cc3ccc(C(C)(C)C(=O)O)cc3)NC(=O)Cc3ccc4ccccc4c3)c2=O)cc1. The summed E-state index contributed by atoms with van der Waals surface area (Å²) >= 11 is 0. The molecule has 1 unspecified atom stereocenters. The summed E-state index contributed by atoms with van der Waals surface area (Å²) in [6.07, 6.45) is 4.27. The Balaban J connectivity index is 1.48. The third-order valence-corrected chi connectivity index (χ3v) is 9.25. The van der Waals surface area contributed by atoms with E-state index in [1.807, 2.05) is 54.6 Å². The first kappa shape index (κ1) is 37.8. The van der Waals surface area contributed by atoms with Crippen molar-refractivity contribution in [2.24, 2.45) is 5.73 Å². The van der Waals surface area contributed by atoms with Crippen LogP contribution in [0.25, 0.3) is 16.8 Å². The summed E-state index contributed by atoms with van der Waals surface area (Å²) in [5.74, 6) is -2.06. The van der Waals surface area contributed by atoms with Crippen LogP contribution in [0.15, 0.2) is 108 Å². The van der Waals surface area contributed by atoms with E-state index >= 15 is 0 Å². The first-order valence-electron chi connectivity index (χ1n) is 17.0. The van der Waals surface area contributed by atoms with Crippen LogP contribution in [0.4, 0.5) is 5.69 Å². The molecule has 0 bridgehead atoms. The molecule has 5 N–H and O–H groups in total. The number of anilines is 1. The average Bonchev–Trinajstić information content (AvgIpc) is 3.14. The molecule has 1 heterocycles. The summed E-state index contributed by atoms with van der Waals surface area (Å²) in [4.78, 5) is 65.1. The molecule has 5 rings (SSSR count). The number of nitrogens with two attached hydrogens (primary N) is 1. The van der Waals surface area contributed by atoms with Crippen LogP contribution in [0.5, 0.6) is 5.75 Å². The van der Waals surface area contributed by atoms with Crippen molar-refractivity contribution in [2.75, 3.05) is 12.4 Å². The van der Waals surface area contributed by atoms with Gasteiger partial charge < -0.3 is 30.8 Å². The lowest BCUT2D eigenvalue weighted by Gasteiger charge is -2.22. The van der Waals surface area contributed by atoms with Gasteiger partial charge in [0.2, 0.25) is 17.7 Å². The van der Waals surface area contributed by atoms with E-state index in [0.29, 0.717) is 28.0 Å². The van der Waals surface area contributed by atoms with E-state index in [1.54, 1.807) is 70.5 Å². The summed E-state index contributed by atoms with van der Waals surface area (Å²) in [7, 11) is 1.56. The number of aliphatic carboxylic acids is 1. The summed E-state index contributed by atoms with van der Waals surface area (Å²) in [5.41, 5.74) is 7.36. The van der Waals surface area contributed by atoms with Crippen molar-refractivity contribution in [3.63, 3.8) is 0 Å². The molecule has 0 saturated heterocycles. The number of pyridine rings is 1. The maximum absolute atomic E-state index is 14.2. The van der Waals surface area contributed by atoms with Gasteiger partial charge in [0.1, 0.15) is 17.5 Å². The zero-order valence-electron chi connectivity index (χ0n) is 30.0. The van der Waals surface area contributed by atoms with Gasteiger partial charge in [0.05, 0.1) is 25.5 Å². The van der Waals surface area contributed by atoms with Gasteiger partial charge in [0.25, 0.3) is 5.56 Å². The highest BCUT2D eigenvalue weighted by molar-refractivity contribution is 5.99. The van der Waals surface area contributed by atoms with Gasteiger partial charge in [-0.25, -0.2) is 0 Å². The highest BCUT2D eigenvalue weighted by Crippen LogP contribution is 2.25. The number of aromatic nitrogens is 1. The van der Waals surface area contributed by atoms with Gasteiger partial charge in [0.15, 0.2) is 0 Å². The van der Waals surface area contributed by atoms with E-state index in [4.69, 9.17) is 10.5 Å². The van der Waals surface area contributed by atoms with E-state index in [-0.39, 0.29) is 25.1 Å². The molecule has 53 heavy (non-hydrogen) atoms. The zero-order chi connectivity index (χ0) is 38.3. The Morgan fingerprint density at radius 2 is 1.55 bits per heavy atom. The molecule has 4 aromatic carbocycles. The number of hydrogen-bond acceptors (Lipinski definition) is 6. The van der Waals surface area contributed by atoms with E-state index in [9.17, 15) is 29.1 Å². The molecular formula is C42H42N4O7. The van der Waals surface area contributed by atoms with Crippen molar-refractivity contribution >= 4 is 46.2 Å². The van der Waals surface area contributed by atoms with Crippen molar-refractivity contribution in [3.05, 3.63) is 147 Å². The average molecular weight is 715 g/mol. The highest BCUT2D eigenvalue weighted by Gasteiger charge is 2.30. The molecular weight excluding hydrogens is 672 g/mol. The molecule has 1 aromatic heterocycles. The molecule has 0 aliphatic heterocycles. The predicted octanol–water partition coefficient (Wildman–Crippen LogP) is 5.14. The monoisotopic (exact) mass is 714 g/mol. The third kappa shape index (κ3) is 9.25. The highest BCUT2D eigenvalue weighted by atomic mass is 16.5. The number of primary amides is 1. The fraction of sp³-hybridized carbons (Fsp3) is 0.214. The largest absolute Gasteiger partial charge is 0.497 e. The van der Waals surface area contributed by atoms with Crippen LogP contribution in [0, 0.1) is 6.92 Å². The van der Waals surface area contributed by atoms with Crippen LogP contribution in [-0.4, -0.2) is 46.5 Å². The Kier molecular flexibility index (Phi) is 11.6. The second kappa shape index (κ2) is 16.2. The standard InChI is InChI=1S/C42H42N4O7/c1-26-32(15-20-36(43)47)25-46(24-28-12-18-34(53-4)19-13-28)40(50)38(26)45-39(49)35(22-27-10-16-33(17-11-27)42(2,3)41(51)52)44-37(48)23-29-9-14-30-7-5-6-8-31(30)21-29/h5-21,25,35H,22-24H2,1-4H3,(H2,43,47)(H,44,48)(H,45,49)(H,51,52)/b20-15+. The molecule has 0 saturated carbocycles. The Labute approximate surface area is 307 Å². The quantitative estimate of drug-likeness (QED) is 0.116. The number of benzene rings is 4. The molecule has 11 nitrogen and oxygen atoms in total. The summed E-state index contributed by atoms with van der Waals surface area (Å²) in [6.45, 7) is 4.99. The van der Waals surface area contributed by atoms with Crippen LogP contribution in [-0.2, 0) is 44.0 Å². The number of nitrogens with zero attached hydrogens (tertiary/aromatic N) is 1. The molecule has 11 heteroatoms. The maximum atomic E-state index is 14.2. The number of carbonyl (C=O) groups is 4. The fourth-order valence-corrected chi connectivity index (χ4v) is 5.92. The van der Waals surface area contributed by atoms with Crippen LogP contribution < -0.4 is 26.7 Å². The topological polar surface area (TPSA) is 170 Å². The number of carboxylic acid groups (broad SMARTS) is 1. The van der Waals surface area contributed by atoms with Crippen molar-refractivity contribution < 1.29 is 29.0 Å². The van der Waals surface area contributed by atoms with Crippen LogP contribution in [0.1, 0.15) is 47.2 Å². The Hall–Kier alpha value is -6.49. The summed E-state index contributed by atoms with van der Waals surface area (Å²) in [5, 5.41) is 17.3. The number of hydrogen-bond donors (Lipinski definition) is 4. The maximum Gasteiger partial charge on any atom is 0.313 e. The smallest absolute Gasteiger partial charge is 0.313 e. The molecule has 3 amide bonds. The lowest BCUT2D eigenvalue weighted by Crippen LogP contribution is -2.46. The molecule has 0 spiro atoms. The summed E-state index contributed by atoms with van der Waals surface area (Å²) in [6, 6.07) is 26.4. The first-order valence-corrected chi connectivity index (χ1v) is 17.0. The minimum atomic E-state index is -1.14. The van der Waals surface area contributed by atoms with Gasteiger partial charge in [-0.1, -0.05) is 78.9 Å². The van der Waals surface area contributed by atoms with Crippen molar-refractivity contribution in [3.8, 4) is 5.75 Å². The fourth-order valence-electron chi connectivity index (χ4n) is 5.92. The van der Waals surface area contributed by atoms with E-state index in [2.05, 4.69) is 10.6 Å². The number of rotatable bonds is 14. The van der Waals surface area contributed by atoms with E-state index in [1.165, 1.54) is 16.7 Å². The van der Waals surface area contributed by atoms with Crippen LogP contribution in [0.2, 0.25) is 0 Å². The Bertz CT molecular complexity index is 2260. The number of methoxy groups -OCH3 is 1. The molecule has 0 aliphatic rings. The van der Waals surface area contributed by atoms with Crippen molar-refractivity contribution in [2.45, 2.75) is 51.6 Å². The minimum absolute atomic E-state index is 0.00143. The molecule has 272 valence electrons. The normalized spacial score (nSPS) is 12.0. The second-order valence-electron chi connectivity index (χ2n) is 13.4. The number of nitrogens with one attached hydrogen (secondary N) is 2. The lowest BCUT2D eigenvalue weighted by molar-refractivity contribution is -0.142. The van der Waals surface area contributed by atoms with Gasteiger partial charge >= 0.3 is 5.97 Å². The number of ether oxygens (including phenoxy) is 1. The molecule has 0 aliphatic carbocycles. The van der Waals surface area contributed by atoms with Gasteiger partial charge in [-0.15, -0.1) is 0 Å². The molecule has 0 radical (unpaired) electrons. The van der Waals surface area contributed by atoms with Gasteiger partial charge in [0, 0.05) is 18.7 Å². The third-order valence-electron chi connectivity index (χ3n) is 9.25. The number of amides is 3. The van der Waals surface area contributed by atoms with Gasteiger partial charge in [-0.05, 0) is 83.1 Å². The van der Waals surface area contributed by atoms with Crippen LogP contribution in [0.3, 0.4) is 0 Å². The van der Waals surface area contributed by atoms with Gasteiger partial charge in [-0.3, -0.25) is 24.0 Å². The van der Waals surface area contributed by atoms with Gasteiger partial charge in [-0.2, -0.15) is 0 Å². The number of carbonyl (C=O) groups excluding carboxylic acids is 3. The summed E-state index contributed by atoms with van der Waals surface area (Å²) < 4.78 is 6.66. The molecule has 5 aromatic rings. The molecule has 1 atom stereocenters. The zero-order valence-corrected chi connectivity index (χ0v) is 30.0. The predicted molar refractivity (Wildman–Crippen MR) is 205 cm³/mol. The lowest BCUT2D eigenvalue weighted by atomic mass is 9.84. The number of carboxylic acids is 1. The van der Waals surface area contributed by atoms with Crippen molar-refractivity contribution in [1.29, 1.82) is 0 Å². The Morgan fingerprint density at radius 3 is 2.19 bits per heavy atom. The molecule has 0 fully saturated rings. The first-order chi connectivity index (χ1) is 25.2.